The Kier molecular flexibility index (Phi) is 9.43. The molecule has 2 aliphatic carbocycles. The molecule has 0 spiro atoms. The molecule has 2 N–H and O–H groups in total. The average Bonchev–Trinajstić information content (AvgIpc) is 3.29. The van der Waals surface area contributed by atoms with Gasteiger partial charge in [-0.3, -0.25) is 9.79 Å². The highest BCUT2D eigenvalue weighted by Gasteiger charge is 2.30. The molecule has 0 bridgehead atoms. The summed E-state index contributed by atoms with van der Waals surface area (Å²) >= 11 is 1.96. The molecular formula is C22H41N5OS. The smallest absolute Gasteiger partial charge is 0.225 e. The first-order valence-corrected chi connectivity index (χ1v) is 12.9. The topological polar surface area (TPSA) is 60.0 Å². The maximum absolute atomic E-state index is 12.8. The van der Waals surface area contributed by atoms with E-state index in [1.807, 2.05) is 11.8 Å². The molecule has 1 saturated heterocycles. The van der Waals surface area contributed by atoms with Crippen molar-refractivity contribution in [3.8, 4) is 0 Å². The first-order valence-electron chi connectivity index (χ1n) is 11.8. The molecule has 29 heavy (non-hydrogen) atoms. The molecule has 1 heterocycles. The van der Waals surface area contributed by atoms with Gasteiger partial charge in [-0.15, -0.1) is 0 Å². The highest BCUT2D eigenvalue weighted by Crippen LogP contribution is 2.27. The lowest BCUT2D eigenvalue weighted by atomic mass is 9.85. The summed E-state index contributed by atoms with van der Waals surface area (Å²) in [5.74, 6) is 3.77. The quantitative estimate of drug-likeness (QED) is 0.487. The maximum Gasteiger partial charge on any atom is 0.225 e. The Morgan fingerprint density at radius 3 is 2.45 bits per heavy atom. The van der Waals surface area contributed by atoms with E-state index in [1.54, 1.807) is 0 Å². The van der Waals surface area contributed by atoms with Crippen molar-refractivity contribution in [3.05, 3.63) is 0 Å². The lowest BCUT2D eigenvalue weighted by Gasteiger charge is -2.34. The van der Waals surface area contributed by atoms with Crippen LogP contribution in [0, 0.1) is 5.92 Å². The van der Waals surface area contributed by atoms with Crippen molar-refractivity contribution in [3.63, 3.8) is 0 Å². The van der Waals surface area contributed by atoms with Gasteiger partial charge in [0.1, 0.15) is 0 Å². The molecule has 0 aromatic heterocycles. The summed E-state index contributed by atoms with van der Waals surface area (Å²) in [6, 6.07) is 1.19. The molecule has 3 rings (SSSR count). The average molecular weight is 424 g/mol. The molecule has 2 saturated carbocycles. The zero-order chi connectivity index (χ0) is 20.5. The van der Waals surface area contributed by atoms with Crippen molar-refractivity contribution < 1.29 is 4.79 Å². The predicted molar refractivity (Wildman–Crippen MR) is 124 cm³/mol. The maximum atomic E-state index is 12.8. The second kappa shape index (κ2) is 12.0. The lowest BCUT2D eigenvalue weighted by molar-refractivity contribution is -0.136. The van der Waals surface area contributed by atoms with Crippen molar-refractivity contribution in [2.75, 3.05) is 51.3 Å². The number of guanidine groups is 1. The van der Waals surface area contributed by atoms with E-state index in [-0.39, 0.29) is 5.92 Å². The molecule has 0 unspecified atom stereocenters. The summed E-state index contributed by atoms with van der Waals surface area (Å²) in [4.78, 5) is 22.2. The van der Waals surface area contributed by atoms with Gasteiger partial charge in [0.25, 0.3) is 0 Å². The summed E-state index contributed by atoms with van der Waals surface area (Å²) in [7, 11) is 2.24. The number of nitrogens with one attached hydrogen (secondary N) is 2. The Labute approximate surface area is 181 Å². The van der Waals surface area contributed by atoms with E-state index in [2.05, 4.69) is 34.4 Å². The Morgan fingerprint density at radius 2 is 1.79 bits per heavy atom. The largest absolute Gasteiger partial charge is 0.357 e. The number of rotatable bonds is 7. The summed E-state index contributed by atoms with van der Waals surface area (Å²) in [6.45, 7) is 6.74. The van der Waals surface area contributed by atoms with E-state index >= 15 is 0 Å². The second-order valence-electron chi connectivity index (χ2n) is 8.81. The van der Waals surface area contributed by atoms with Crippen molar-refractivity contribution >= 4 is 23.6 Å². The van der Waals surface area contributed by atoms with Crippen LogP contribution >= 0.6 is 11.8 Å². The molecule has 3 aliphatic rings. The predicted octanol–water partition coefficient (Wildman–Crippen LogP) is 2.55. The van der Waals surface area contributed by atoms with Gasteiger partial charge in [-0.1, -0.05) is 12.8 Å². The van der Waals surface area contributed by atoms with Gasteiger partial charge in [0.15, 0.2) is 5.96 Å². The molecular weight excluding hydrogens is 382 g/mol. The minimum atomic E-state index is 0.232. The number of likely N-dealkylation sites (N-methyl/N-ethyl adjacent to an activating group) is 1. The number of hydrogen-bond acceptors (Lipinski definition) is 4. The fourth-order valence-electron chi connectivity index (χ4n) is 4.89. The highest BCUT2D eigenvalue weighted by atomic mass is 32.2. The first kappa shape index (κ1) is 22.7. The summed E-state index contributed by atoms with van der Waals surface area (Å²) in [5.41, 5.74) is 0. The zero-order valence-corrected chi connectivity index (χ0v) is 19.3. The van der Waals surface area contributed by atoms with Crippen LogP contribution in [0.4, 0.5) is 0 Å². The van der Waals surface area contributed by atoms with E-state index < -0.39 is 0 Å². The van der Waals surface area contributed by atoms with Crippen molar-refractivity contribution in [2.45, 2.75) is 70.4 Å². The van der Waals surface area contributed by atoms with Crippen molar-refractivity contribution in [2.24, 2.45) is 10.9 Å². The highest BCUT2D eigenvalue weighted by molar-refractivity contribution is 7.99. The number of thioether (sulfide) groups is 1. The van der Waals surface area contributed by atoms with Gasteiger partial charge in [-0.25, -0.2) is 0 Å². The number of hydrogen-bond donors (Lipinski definition) is 2. The molecule has 6 nitrogen and oxygen atoms in total. The van der Waals surface area contributed by atoms with Crippen LogP contribution in [-0.4, -0.2) is 85.0 Å². The first-order chi connectivity index (χ1) is 14.2. The monoisotopic (exact) mass is 423 g/mol. The number of carbonyl (C=O) groups is 1. The van der Waals surface area contributed by atoms with Crippen LogP contribution in [0.3, 0.4) is 0 Å². The van der Waals surface area contributed by atoms with Crippen molar-refractivity contribution in [1.82, 2.24) is 20.4 Å². The van der Waals surface area contributed by atoms with Crippen LogP contribution in [0.1, 0.15) is 58.3 Å². The van der Waals surface area contributed by atoms with Gasteiger partial charge in [0, 0.05) is 55.7 Å². The van der Waals surface area contributed by atoms with Gasteiger partial charge in [-0.2, -0.15) is 11.8 Å². The number of nitrogens with zero attached hydrogens (tertiary/aromatic N) is 3. The van der Waals surface area contributed by atoms with E-state index in [4.69, 9.17) is 4.99 Å². The Bertz CT molecular complexity index is 523. The van der Waals surface area contributed by atoms with Crippen LogP contribution in [0.2, 0.25) is 0 Å². The van der Waals surface area contributed by atoms with Crippen LogP contribution < -0.4 is 10.6 Å². The van der Waals surface area contributed by atoms with Crippen LogP contribution in [0.25, 0.3) is 0 Å². The molecule has 1 aliphatic heterocycles. The van der Waals surface area contributed by atoms with Crippen LogP contribution in [0.15, 0.2) is 4.99 Å². The van der Waals surface area contributed by atoms with Gasteiger partial charge in [0.2, 0.25) is 5.91 Å². The third-order valence-corrected chi connectivity index (χ3v) is 7.70. The minimum Gasteiger partial charge on any atom is -0.357 e. The van der Waals surface area contributed by atoms with E-state index in [0.29, 0.717) is 11.9 Å². The lowest BCUT2D eigenvalue weighted by Crippen LogP contribution is -2.47. The van der Waals surface area contributed by atoms with E-state index in [0.717, 1.165) is 81.9 Å². The van der Waals surface area contributed by atoms with Gasteiger partial charge in [0.05, 0.1) is 6.54 Å². The standard InChI is InChI=1S/C22H41N5OS/c1-3-23-22(24-12-13-26(2)20-6-4-5-7-20)25-19-10-8-18(9-11-19)21(28)27-14-16-29-17-15-27/h18-20H,3-17H2,1-2H3,(H2,23,24,25). The number of carbonyl (C=O) groups excluding carboxylic acids is 1. The summed E-state index contributed by atoms with van der Waals surface area (Å²) < 4.78 is 0. The molecule has 3 fully saturated rings. The fraction of sp³-hybridized carbons (Fsp3) is 0.909. The Hall–Kier alpha value is -0.950. The summed E-state index contributed by atoms with van der Waals surface area (Å²) in [6.07, 6.45) is 9.58. The molecule has 0 atom stereocenters. The Morgan fingerprint density at radius 1 is 1.10 bits per heavy atom. The molecule has 0 aromatic carbocycles. The molecule has 0 aromatic rings. The minimum absolute atomic E-state index is 0.232. The normalized spacial score (nSPS) is 26.7. The van der Waals surface area contributed by atoms with E-state index in [1.165, 1.54) is 25.7 Å². The molecule has 166 valence electrons. The zero-order valence-electron chi connectivity index (χ0n) is 18.5. The Balaban J connectivity index is 1.40. The number of amides is 1. The van der Waals surface area contributed by atoms with Crippen LogP contribution in [0.5, 0.6) is 0 Å². The van der Waals surface area contributed by atoms with Gasteiger partial charge >= 0.3 is 0 Å². The van der Waals surface area contributed by atoms with Crippen LogP contribution in [-0.2, 0) is 4.79 Å². The number of aliphatic imine (C=N–C) groups is 1. The van der Waals surface area contributed by atoms with Gasteiger partial charge < -0.3 is 20.4 Å². The van der Waals surface area contributed by atoms with Gasteiger partial charge in [-0.05, 0) is 52.5 Å². The molecule has 0 radical (unpaired) electrons. The van der Waals surface area contributed by atoms with Crippen molar-refractivity contribution in [1.29, 1.82) is 0 Å². The SMILES string of the molecule is CCNC(=NCCN(C)C1CCCC1)NC1CCC(C(=O)N2CCSCC2)CC1. The molecule has 7 heteroatoms. The third-order valence-electron chi connectivity index (χ3n) is 6.75. The summed E-state index contributed by atoms with van der Waals surface area (Å²) in [5, 5.41) is 7.03. The van der Waals surface area contributed by atoms with E-state index in [9.17, 15) is 4.79 Å². The second-order valence-corrected chi connectivity index (χ2v) is 10.0. The fourth-order valence-corrected chi connectivity index (χ4v) is 5.79. The molecule has 1 amide bonds. The third kappa shape index (κ3) is 7.06.